The van der Waals surface area contributed by atoms with E-state index in [4.69, 9.17) is 0 Å². The number of allylic oxidation sites excluding steroid dienone is 1. The number of alkyl halides is 3. The van der Waals surface area contributed by atoms with Crippen molar-refractivity contribution in [1.82, 2.24) is 24.6 Å². The molecule has 0 aliphatic heterocycles. The van der Waals surface area contributed by atoms with Crippen molar-refractivity contribution in [2.45, 2.75) is 27.1 Å². The predicted molar refractivity (Wildman–Crippen MR) is 87.2 cm³/mol. The third kappa shape index (κ3) is 5.61. The fourth-order valence-electron chi connectivity index (χ4n) is 1.81. The first-order valence-electron chi connectivity index (χ1n) is 7.53. The minimum Gasteiger partial charge on any atom is -0.383 e. The molecule has 0 saturated carbocycles. The lowest BCUT2D eigenvalue weighted by Gasteiger charge is -2.16. The number of rotatable bonds is 5. The first-order chi connectivity index (χ1) is 11.7. The molecule has 0 amide bonds. The van der Waals surface area contributed by atoms with Crippen LogP contribution in [0, 0.1) is 0 Å². The van der Waals surface area contributed by atoms with Gasteiger partial charge in [0.2, 0.25) is 0 Å². The Bertz CT molecular complexity index is 713. The van der Waals surface area contributed by atoms with Gasteiger partial charge in [-0.25, -0.2) is 4.52 Å². The van der Waals surface area contributed by atoms with E-state index in [0.29, 0.717) is 12.6 Å². The van der Waals surface area contributed by atoms with Crippen molar-refractivity contribution in [3.05, 3.63) is 30.2 Å². The van der Waals surface area contributed by atoms with E-state index >= 15 is 0 Å². The molecule has 0 saturated heterocycles. The van der Waals surface area contributed by atoms with Crippen LogP contribution in [0.5, 0.6) is 6.01 Å². The average Bonchev–Trinajstić information content (AvgIpc) is 2.96. The van der Waals surface area contributed by atoms with Crippen molar-refractivity contribution in [3.63, 3.8) is 0 Å². The van der Waals surface area contributed by atoms with Crippen LogP contribution in [0.1, 0.15) is 26.5 Å². The molecule has 0 bridgehead atoms. The van der Waals surface area contributed by atoms with Gasteiger partial charge in [0.15, 0.2) is 0 Å². The maximum absolute atomic E-state index is 12.3. The van der Waals surface area contributed by atoms with Crippen LogP contribution in [0.4, 0.5) is 13.2 Å². The van der Waals surface area contributed by atoms with Gasteiger partial charge in [0.25, 0.3) is 0 Å². The lowest BCUT2D eigenvalue weighted by atomic mass is 10.2. The van der Waals surface area contributed by atoms with E-state index < -0.39 is 11.4 Å². The Morgan fingerprint density at radius 1 is 1.20 bits per heavy atom. The topological polar surface area (TPSA) is 55.1 Å². The van der Waals surface area contributed by atoms with Crippen molar-refractivity contribution in [2.24, 2.45) is 0 Å². The van der Waals surface area contributed by atoms with E-state index in [2.05, 4.69) is 20.0 Å². The van der Waals surface area contributed by atoms with Gasteiger partial charge in [0, 0.05) is 27.3 Å². The normalized spacial score (nSPS) is 12.2. The zero-order chi connectivity index (χ0) is 19.2. The van der Waals surface area contributed by atoms with Gasteiger partial charge in [-0.1, -0.05) is 23.9 Å². The first-order valence-corrected chi connectivity index (χ1v) is 7.53. The Kier molecular flexibility index (Phi) is 7.19. The highest BCUT2D eigenvalue weighted by molar-refractivity contribution is 5.65. The second kappa shape index (κ2) is 8.67. The van der Waals surface area contributed by atoms with Crippen molar-refractivity contribution in [1.29, 1.82) is 0 Å². The molecule has 2 aromatic heterocycles. The fraction of sp³-hybridized carbons (Fsp3) is 0.467. The molecule has 25 heavy (non-hydrogen) atoms. The molecule has 7 nitrogen and oxygen atoms in total. The monoisotopic (exact) mass is 361 g/mol. The predicted octanol–water partition coefficient (Wildman–Crippen LogP) is 3.35. The van der Waals surface area contributed by atoms with Crippen LogP contribution in [0.15, 0.2) is 24.5 Å². The number of halogens is 3. The van der Waals surface area contributed by atoms with Gasteiger partial charge in [-0.15, -0.1) is 5.10 Å². The molecule has 0 aliphatic rings. The summed E-state index contributed by atoms with van der Waals surface area (Å²) >= 11 is 0. The first kappa shape index (κ1) is 20.7. The van der Waals surface area contributed by atoms with Crippen molar-refractivity contribution in [3.8, 4) is 6.01 Å². The van der Waals surface area contributed by atoms with E-state index in [0.717, 1.165) is 11.3 Å². The van der Waals surface area contributed by atoms with Crippen LogP contribution in [-0.2, 0) is 4.99 Å². The summed E-state index contributed by atoms with van der Waals surface area (Å²) < 4.78 is 38.4. The summed E-state index contributed by atoms with van der Waals surface area (Å²) in [4.78, 5) is 14.3. The fourth-order valence-corrected chi connectivity index (χ4v) is 1.81. The molecular weight excluding hydrogens is 339 g/mol. The van der Waals surface area contributed by atoms with Crippen molar-refractivity contribution < 1.29 is 23.0 Å². The molecule has 0 atom stereocenters. The quantitative estimate of drug-likeness (QED) is 0.462. The van der Waals surface area contributed by atoms with E-state index in [1.54, 1.807) is 6.07 Å². The zero-order valence-electron chi connectivity index (χ0n) is 15.0. The zero-order valence-corrected chi connectivity index (χ0v) is 15.0. The van der Waals surface area contributed by atoms with Crippen LogP contribution in [-0.4, -0.2) is 52.0 Å². The van der Waals surface area contributed by atoms with Gasteiger partial charge >= 0.3 is 12.3 Å². The maximum atomic E-state index is 12.3. The summed E-state index contributed by atoms with van der Waals surface area (Å²) in [6.07, 6.45) is -1.38. The largest absolute Gasteiger partial charge is 0.485 e. The summed E-state index contributed by atoms with van der Waals surface area (Å²) in [7, 11) is 4.43. The summed E-state index contributed by atoms with van der Waals surface area (Å²) in [5.41, 5.74) is 2.33. The van der Waals surface area contributed by atoms with E-state index in [9.17, 15) is 13.2 Å². The molecule has 0 aromatic carbocycles. The molecular formula is C15H22F3N5O2. The standard InChI is InChI=1S/C13H16F3N5O2.C2H6/c1-9(8-19(2)3)11-6-5-10-7-17-12(18-21(10)11)22-23-20(4)13(14,15)16;1-2/h5-8H,1-4H3;1-2H3/b9-8+;. The average molecular weight is 361 g/mol. The molecule has 0 radical (unpaired) electrons. The maximum Gasteiger partial charge on any atom is 0.485 e. The molecule has 0 unspecified atom stereocenters. The molecule has 0 spiro atoms. The van der Waals surface area contributed by atoms with Crippen molar-refractivity contribution in [2.75, 3.05) is 21.1 Å². The number of fused-ring (bicyclic) bond motifs is 1. The number of hydrogen-bond donors (Lipinski definition) is 0. The van der Waals surface area contributed by atoms with Crippen LogP contribution < -0.4 is 4.89 Å². The Balaban J connectivity index is 0.00000151. The third-order valence-electron chi connectivity index (χ3n) is 2.81. The van der Waals surface area contributed by atoms with Crippen LogP contribution in [0.2, 0.25) is 0 Å². The van der Waals surface area contributed by atoms with Crippen molar-refractivity contribution >= 4 is 11.1 Å². The van der Waals surface area contributed by atoms with Crippen LogP contribution in [0.3, 0.4) is 0 Å². The van der Waals surface area contributed by atoms with Gasteiger partial charge in [0.1, 0.15) is 0 Å². The second-order valence-electron chi connectivity index (χ2n) is 4.99. The van der Waals surface area contributed by atoms with E-state index in [-0.39, 0.29) is 6.01 Å². The van der Waals surface area contributed by atoms with Gasteiger partial charge in [-0.2, -0.15) is 18.2 Å². The molecule has 0 fully saturated rings. The molecule has 2 rings (SSSR count). The highest BCUT2D eigenvalue weighted by Gasteiger charge is 2.37. The lowest BCUT2D eigenvalue weighted by molar-refractivity contribution is -0.462. The summed E-state index contributed by atoms with van der Waals surface area (Å²) in [6.45, 7) is 5.89. The van der Waals surface area contributed by atoms with Crippen LogP contribution in [0.25, 0.3) is 11.1 Å². The number of hydroxylamine groups is 2. The van der Waals surface area contributed by atoms with Gasteiger partial charge < -0.3 is 4.90 Å². The van der Waals surface area contributed by atoms with Gasteiger partial charge in [0.05, 0.1) is 17.4 Å². The Hall–Kier alpha value is -2.33. The summed E-state index contributed by atoms with van der Waals surface area (Å²) in [5, 5.41) is 3.63. The molecule has 140 valence electrons. The molecule has 10 heteroatoms. The lowest BCUT2D eigenvalue weighted by Crippen LogP contribution is -2.35. The molecule has 2 heterocycles. The highest BCUT2D eigenvalue weighted by Crippen LogP contribution is 2.21. The molecule has 0 N–H and O–H groups in total. The summed E-state index contributed by atoms with van der Waals surface area (Å²) in [5.74, 6) is 0. The highest BCUT2D eigenvalue weighted by atomic mass is 19.4. The number of nitrogens with zero attached hydrogens (tertiary/aromatic N) is 5. The van der Waals surface area contributed by atoms with E-state index in [1.165, 1.54) is 10.7 Å². The SMILES string of the molecule is C/C(=C\N(C)C)c1ccc2cnc(OON(C)C(F)(F)F)nn12.CC. The Labute approximate surface area is 144 Å². The Morgan fingerprint density at radius 3 is 2.40 bits per heavy atom. The second-order valence-corrected chi connectivity index (χ2v) is 4.99. The third-order valence-corrected chi connectivity index (χ3v) is 2.81. The minimum atomic E-state index is -4.69. The van der Waals surface area contributed by atoms with Gasteiger partial charge in [-0.3, -0.25) is 4.89 Å². The number of hydrogen-bond acceptors (Lipinski definition) is 6. The number of aromatic nitrogens is 3. The molecule has 0 aliphatic carbocycles. The smallest absolute Gasteiger partial charge is 0.383 e. The minimum absolute atomic E-state index is 0.344. The van der Waals surface area contributed by atoms with Crippen LogP contribution >= 0.6 is 0 Å². The van der Waals surface area contributed by atoms with E-state index in [1.807, 2.05) is 52.0 Å². The van der Waals surface area contributed by atoms with Gasteiger partial charge in [-0.05, 0) is 24.6 Å². The molecule has 2 aromatic rings. The summed E-state index contributed by atoms with van der Waals surface area (Å²) in [6, 6.07) is 3.27. The Morgan fingerprint density at radius 2 is 1.84 bits per heavy atom.